The Morgan fingerprint density at radius 1 is 1.42 bits per heavy atom. The van der Waals surface area contributed by atoms with Gasteiger partial charge in [-0.3, -0.25) is 0 Å². The standard InChI is InChI=1S/C14H19N3O2/c1-18-11-2-3-12-13(8-11)17(14(15)16-12)9-10-4-6-19-7-5-10/h2-3,8,10H,4-7,9H2,1H3,(H2,15,16). The van der Waals surface area contributed by atoms with Crippen molar-refractivity contribution < 1.29 is 9.47 Å². The average Bonchev–Trinajstić information content (AvgIpc) is 2.76. The summed E-state index contributed by atoms with van der Waals surface area (Å²) in [6.07, 6.45) is 2.17. The first-order valence-corrected chi connectivity index (χ1v) is 6.65. The SMILES string of the molecule is COc1ccc2nc(N)n(CC3CCOCC3)c2c1. The summed E-state index contributed by atoms with van der Waals surface area (Å²) in [7, 11) is 1.67. The van der Waals surface area contributed by atoms with E-state index in [1.54, 1.807) is 7.11 Å². The summed E-state index contributed by atoms with van der Waals surface area (Å²) in [4.78, 5) is 4.41. The Bertz CT molecular complexity index is 573. The maximum atomic E-state index is 6.04. The second-order valence-corrected chi connectivity index (χ2v) is 4.99. The van der Waals surface area contributed by atoms with Crippen molar-refractivity contribution in [1.82, 2.24) is 9.55 Å². The third-order valence-corrected chi connectivity index (χ3v) is 3.77. The normalized spacial score (nSPS) is 16.9. The number of nitrogen functional groups attached to an aromatic ring is 1. The number of nitrogens with two attached hydrogens (primary N) is 1. The molecule has 0 aliphatic carbocycles. The summed E-state index contributed by atoms with van der Waals surface area (Å²) >= 11 is 0. The van der Waals surface area contributed by atoms with E-state index in [1.807, 2.05) is 18.2 Å². The number of fused-ring (bicyclic) bond motifs is 1. The minimum atomic E-state index is 0.578. The van der Waals surface area contributed by atoms with Crippen molar-refractivity contribution >= 4 is 17.0 Å². The third kappa shape index (κ3) is 2.38. The Labute approximate surface area is 112 Å². The zero-order valence-electron chi connectivity index (χ0n) is 11.1. The lowest BCUT2D eigenvalue weighted by molar-refractivity contribution is 0.0617. The number of benzene rings is 1. The highest BCUT2D eigenvalue weighted by atomic mass is 16.5. The largest absolute Gasteiger partial charge is 0.497 e. The number of anilines is 1. The molecule has 3 rings (SSSR count). The van der Waals surface area contributed by atoms with Crippen LogP contribution in [0.3, 0.4) is 0 Å². The van der Waals surface area contributed by atoms with Gasteiger partial charge in [0.2, 0.25) is 5.95 Å². The molecule has 5 heteroatoms. The molecule has 1 fully saturated rings. The Kier molecular flexibility index (Phi) is 3.29. The highest BCUT2D eigenvalue weighted by molar-refractivity contribution is 5.79. The van der Waals surface area contributed by atoms with Gasteiger partial charge in [0.25, 0.3) is 0 Å². The summed E-state index contributed by atoms with van der Waals surface area (Å²) < 4.78 is 12.8. The van der Waals surface area contributed by atoms with Gasteiger partial charge >= 0.3 is 0 Å². The number of hydrogen-bond donors (Lipinski definition) is 1. The molecule has 1 aliphatic rings. The molecule has 0 atom stereocenters. The lowest BCUT2D eigenvalue weighted by Crippen LogP contribution is -2.21. The highest BCUT2D eigenvalue weighted by Gasteiger charge is 2.17. The second kappa shape index (κ2) is 5.09. The van der Waals surface area contributed by atoms with Crippen molar-refractivity contribution in [3.05, 3.63) is 18.2 Å². The molecular formula is C14H19N3O2. The van der Waals surface area contributed by atoms with Crippen molar-refractivity contribution in [1.29, 1.82) is 0 Å². The number of methoxy groups -OCH3 is 1. The number of imidazole rings is 1. The molecule has 102 valence electrons. The Morgan fingerprint density at radius 2 is 2.21 bits per heavy atom. The number of ether oxygens (including phenoxy) is 2. The summed E-state index contributed by atoms with van der Waals surface area (Å²) in [5.41, 5.74) is 8.01. The van der Waals surface area contributed by atoms with Crippen LogP contribution in [0.1, 0.15) is 12.8 Å². The summed E-state index contributed by atoms with van der Waals surface area (Å²) in [5, 5.41) is 0. The van der Waals surface area contributed by atoms with Gasteiger partial charge in [0.05, 0.1) is 18.1 Å². The molecule has 1 aromatic heterocycles. The Balaban J connectivity index is 1.94. The van der Waals surface area contributed by atoms with Gasteiger partial charge in [0.15, 0.2) is 0 Å². The van der Waals surface area contributed by atoms with E-state index in [-0.39, 0.29) is 0 Å². The van der Waals surface area contributed by atoms with E-state index in [4.69, 9.17) is 15.2 Å². The fraction of sp³-hybridized carbons (Fsp3) is 0.500. The van der Waals surface area contributed by atoms with Gasteiger partial charge in [-0.1, -0.05) is 0 Å². The van der Waals surface area contributed by atoms with Crippen LogP contribution < -0.4 is 10.5 Å². The predicted octanol–water partition coefficient (Wildman–Crippen LogP) is 2.05. The number of hydrogen-bond acceptors (Lipinski definition) is 4. The van der Waals surface area contributed by atoms with E-state index < -0.39 is 0 Å². The van der Waals surface area contributed by atoms with Crippen molar-refractivity contribution in [3.8, 4) is 5.75 Å². The van der Waals surface area contributed by atoms with Gasteiger partial charge in [0, 0.05) is 25.8 Å². The van der Waals surface area contributed by atoms with Gasteiger partial charge in [-0.2, -0.15) is 0 Å². The predicted molar refractivity (Wildman–Crippen MR) is 74.2 cm³/mol. The zero-order valence-corrected chi connectivity index (χ0v) is 11.1. The first kappa shape index (κ1) is 12.3. The van der Waals surface area contributed by atoms with Crippen LogP contribution in [0.5, 0.6) is 5.75 Å². The van der Waals surface area contributed by atoms with Crippen molar-refractivity contribution in [2.75, 3.05) is 26.1 Å². The van der Waals surface area contributed by atoms with E-state index in [0.29, 0.717) is 11.9 Å². The molecule has 2 aromatic rings. The van der Waals surface area contributed by atoms with Crippen molar-refractivity contribution in [2.45, 2.75) is 19.4 Å². The molecule has 1 aliphatic heterocycles. The van der Waals surface area contributed by atoms with Crippen LogP contribution in [0.25, 0.3) is 11.0 Å². The van der Waals surface area contributed by atoms with Crippen LogP contribution in [0.15, 0.2) is 18.2 Å². The molecule has 2 heterocycles. The maximum absolute atomic E-state index is 6.04. The van der Waals surface area contributed by atoms with Crippen molar-refractivity contribution in [2.24, 2.45) is 5.92 Å². The number of rotatable bonds is 3. The lowest BCUT2D eigenvalue weighted by Gasteiger charge is -2.23. The molecule has 1 aromatic carbocycles. The molecular weight excluding hydrogens is 242 g/mol. The minimum Gasteiger partial charge on any atom is -0.497 e. The van der Waals surface area contributed by atoms with E-state index in [0.717, 1.165) is 49.4 Å². The van der Waals surface area contributed by atoms with Gasteiger partial charge < -0.3 is 19.8 Å². The molecule has 0 unspecified atom stereocenters. The van der Waals surface area contributed by atoms with E-state index in [1.165, 1.54) is 0 Å². The smallest absolute Gasteiger partial charge is 0.201 e. The quantitative estimate of drug-likeness (QED) is 0.918. The molecule has 0 bridgehead atoms. The fourth-order valence-electron chi connectivity index (χ4n) is 2.63. The van der Waals surface area contributed by atoms with Crippen LogP contribution in [0.4, 0.5) is 5.95 Å². The molecule has 19 heavy (non-hydrogen) atoms. The first-order valence-electron chi connectivity index (χ1n) is 6.65. The monoisotopic (exact) mass is 261 g/mol. The molecule has 2 N–H and O–H groups in total. The fourth-order valence-corrected chi connectivity index (χ4v) is 2.63. The molecule has 0 spiro atoms. The van der Waals surface area contributed by atoms with Crippen LogP contribution in [-0.2, 0) is 11.3 Å². The molecule has 1 saturated heterocycles. The zero-order chi connectivity index (χ0) is 13.2. The average molecular weight is 261 g/mol. The summed E-state index contributed by atoms with van der Waals surface area (Å²) in [6.45, 7) is 2.60. The number of nitrogens with zero attached hydrogens (tertiary/aromatic N) is 2. The van der Waals surface area contributed by atoms with E-state index in [2.05, 4.69) is 9.55 Å². The second-order valence-electron chi connectivity index (χ2n) is 4.99. The van der Waals surface area contributed by atoms with Gasteiger partial charge in [-0.15, -0.1) is 0 Å². The minimum absolute atomic E-state index is 0.578. The van der Waals surface area contributed by atoms with Crippen molar-refractivity contribution in [3.63, 3.8) is 0 Å². The van der Waals surface area contributed by atoms with Crippen LogP contribution in [0, 0.1) is 5.92 Å². The third-order valence-electron chi connectivity index (χ3n) is 3.77. The van der Waals surface area contributed by atoms with Crippen LogP contribution in [0.2, 0.25) is 0 Å². The Morgan fingerprint density at radius 3 is 2.95 bits per heavy atom. The summed E-state index contributed by atoms with van der Waals surface area (Å²) in [5.74, 6) is 2.02. The lowest BCUT2D eigenvalue weighted by atomic mass is 10.0. The molecule has 0 amide bonds. The van der Waals surface area contributed by atoms with Gasteiger partial charge in [-0.05, 0) is 30.9 Å². The van der Waals surface area contributed by atoms with E-state index >= 15 is 0 Å². The van der Waals surface area contributed by atoms with Crippen LogP contribution in [-0.4, -0.2) is 29.9 Å². The highest BCUT2D eigenvalue weighted by Crippen LogP contribution is 2.26. The molecule has 5 nitrogen and oxygen atoms in total. The van der Waals surface area contributed by atoms with Crippen LogP contribution >= 0.6 is 0 Å². The van der Waals surface area contributed by atoms with E-state index in [9.17, 15) is 0 Å². The van der Waals surface area contributed by atoms with Gasteiger partial charge in [-0.25, -0.2) is 4.98 Å². The maximum Gasteiger partial charge on any atom is 0.201 e. The summed E-state index contributed by atoms with van der Waals surface area (Å²) in [6, 6.07) is 5.86. The molecule has 0 saturated carbocycles. The van der Waals surface area contributed by atoms with Gasteiger partial charge in [0.1, 0.15) is 5.75 Å². The molecule has 0 radical (unpaired) electrons. The first-order chi connectivity index (χ1) is 9.28. The Hall–Kier alpha value is -1.75. The topological polar surface area (TPSA) is 62.3 Å². The number of aromatic nitrogens is 2.